The van der Waals surface area contributed by atoms with E-state index in [4.69, 9.17) is 15.6 Å². The second-order valence-electron chi connectivity index (χ2n) is 8.66. The van der Waals surface area contributed by atoms with E-state index in [-0.39, 0.29) is 17.3 Å². The fourth-order valence-electron chi connectivity index (χ4n) is 4.67. The van der Waals surface area contributed by atoms with Crippen LogP contribution in [0, 0.1) is 10.8 Å². The van der Waals surface area contributed by atoms with E-state index in [1.54, 1.807) is 7.11 Å². The summed E-state index contributed by atoms with van der Waals surface area (Å²) in [6.45, 7) is 12.6. The lowest BCUT2D eigenvalue weighted by Gasteiger charge is -2.57. The number of ether oxygens (including phenoxy) is 1. The van der Waals surface area contributed by atoms with Crippen LogP contribution in [0.2, 0.25) is 0 Å². The highest BCUT2D eigenvalue weighted by molar-refractivity contribution is 5.86. The molecule has 1 aliphatic carbocycles. The molecular formula is C17H32N2O4. The van der Waals surface area contributed by atoms with Crippen molar-refractivity contribution in [2.24, 2.45) is 16.6 Å². The Morgan fingerprint density at radius 2 is 1.61 bits per heavy atom. The average molecular weight is 328 g/mol. The molecule has 0 spiro atoms. The van der Waals surface area contributed by atoms with Crippen LogP contribution in [-0.2, 0) is 14.3 Å². The monoisotopic (exact) mass is 328 g/mol. The van der Waals surface area contributed by atoms with E-state index in [9.17, 15) is 9.59 Å². The van der Waals surface area contributed by atoms with Crippen LogP contribution >= 0.6 is 0 Å². The Labute approximate surface area is 139 Å². The summed E-state index contributed by atoms with van der Waals surface area (Å²) in [5.41, 5.74) is 4.12. The molecule has 6 heteroatoms. The second-order valence-corrected chi connectivity index (χ2v) is 8.66. The Bertz CT molecular complexity index is 456. The molecule has 1 fully saturated rings. The average Bonchev–Trinajstić information content (AvgIpc) is 3.06. The van der Waals surface area contributed by atoms with Gasteiger partial charge in [0.05, 0.1) is 18.0 Å². The van der Waals surface area contributed by atoms with Crippen molar-refractivity contribution in [3.05, 3.63) is 0 Å². The van der Waals surface area contributed by atoms with Gasteiger partial charge in [-0.1, -0.05) is 41.5 Å². The number of hydrogen-bond donors (Lipinski definition) is 3. The summed E-state index contributed by atoms with van der Waals surface area (Å²) in [7, 11) is 1.68. The van der Waals surface area contributed by atoms with Gasteiger partial charge in [-0.2, -0.15) is 0 Å². The maximum atomic E-state index is 12.4. The first kappa shape index (κ1) is 19.9. The lowest BCUT2D eigenvalue weighted by Crippen LogP contribution is -2.69. The Kier molecular flexibility index (Phi) is 5.24. The van der Waals surface area contributed by atoms with Crippen LogP contribution in [0.4, 0.5) is 0 Å². The zero-order valence-corrected chi connectivity index (χ0v) is 15.4. The van der Waals surface area contributed by atoms with E-state index >= 15 is 0 Å². The molecule has 1 saturated carbocycles. The van der Waals surface area contributed by atoms with Crippen LogP contribution in [-0.4, -0.2) is 41.3 Å². The number of hydrogen-bond acceptors (Lipinski definition) is 4. The number of nitrogens with one attached hydrogen (secondary N) is 1. The molecule has 0 aromatic rings. The van der Waals surface area contributed by atoms with E-state index in [0.29, 0.717) is 0 Å². The normalized spacial score (nSPS) is 19.1. The highest BCUT2D eigenvalue weighted by atomic mass is 16.5. The molecule has 0 radical (unpaired) electrons. The van der Waals surface area contributed by atoms with E-state index in [1.807, 2.05) is 0 Å². The molecule has 1 aliphatic rings. The minimum absolute atomic E-state index is 0.235. The second kappa shape index (κ2) is 6.06. The summed E-state index contributed by atoms with van der Waals surface area (Å²) in [5, 5.41) is 11.9. The quantitative estimate of drug-likeness (QED) is 0.691. The van der Waals surface area contributed by atoms with Crippen molar-refractivity contribution < 1.29 is 19.4 Å². The molecule has 1 rings (SSSR count). The fraction of sp³-hybridized carbons (Fsp3) is 0.882. The van der Waals surface area contributed by atoms with Gasteiger partial charge in [0, 0.05) is 7.11 Å². The Morgan fingerprint density at radius 3 is 1.87 bits per heavy atom. The SMILES string of the molecule is COC(C(C)(C)C)(C(C)(C)C)C1(NC(=O)[C@@H](N)CC(=O)O)CC1. The van der Waals surface area contributed by atoms with Crippen molar-refractivity contribution in [3.63, 3.8) is 0 Å². The Balaban J connectivity index is 3.17. The number of carboxylic acid groups (broad SMARTS) is 1. The zero-order valence-electron chi connectivity index (χ0n) is 15.4. The van der Waals surface area contributed by atoms with Gasteiger partial charge in [-0.05, 0) is 23.7 Å². The van der Waals surface area contributed by atoms with Crippen LogP contribution in [0.1, 0.15) is 60.8 Å². The van der Waals surface area contributed by atoms with Gasteiger partial charge in [0.2, 0.25) is 5.91 Å². The minimum Gasteiger partial charge on any atom is -0.481 e. The van der Waals surface area contributed by atoms with Crippen molar-refractivity contribution in [1.82, 2.24) is 5.32 Å². The van der Waals surface area contributed by atoms with E-state index in [2.05, 4.69) is 46.9 Å². The highest BCUT2D eigenvalue weighted by Crippen LogP contribution is 2.61. The highest BCUT2D eigenvalue weighted by Gasteiger charge is 2.70. The lowest BCUT2D eigenvalue weighted by atomic mass is 9.57. The fourth-order valence-corrected chi connectivity index (χ4v) is 4.67. The molecule has 0 saturated heterocycles. The number of rotatable bonds is 6. The van der Waals surface area contributed by atoms with Gasteiger partial charge < -0.3 is 20.9 Å². The molecule has 0 aliphatic heterocycles. The predicted octanol–water partition coefficient (Wildman–Crippen LogP) is 1.91. The number of carbonyl (C=O) groups excluding carboxylic acids is 1. The maximum Gasteiger partial charge on any atom is 0.305 e. The van der Waals surface area contributed by atoms with E-state index in [0.717, 1.165) is 12.8 Å². The topological polar surface area (TPSA) is 102 Å². The van der Waals surface area contributed by atoms with Crippen molar-refractivity contribution in [2.75, 3.05) is 7.11 Å². The van der Waals surface area contributed by atoms with Gasteiger partial charge in [-0.3, -0.25) is 9.59 Å². The Hall–Kier alpha value is -1.14. The van der Waals surface area contributed by atoms with Gasteiger partial charge in [-0.25, -0.2) is 0 Å². The molecule has 0 aromatic carbocycles. The molecule has 0 heterocycles. The largest absolute Gasteiger partial charge is 0.481 e. The molecule has 23 heavy (non-hydrogen) atoms. The number of aliphatic carboxylic acids is 1. The third-order valence-corrected chi connectivity index (χ3v) is 4.94. The minimum atomic E-state index is -1.08. The molecule has 134 valence electrons. The van der Waals surface area contributed by atoms with E-state index in [1.165, 1.54) is 0 Å². The van der Waals surface area contributed by atoms with Gasteiger partial charge in [0.25, 0.3) is 0 Å². The number of nitrogens with two attached hydrogens (primary N) is 1. The predicted molar refractivity (Wildman–Crippen MR) is 89.0 cm³/mol. The summed E-state index contributed by atoms with van der Waals surface area (Å²) >= 11 is 0. The third-order valence-electron chi connectivity index (χ3n) is 4.94. The van der Waals surface area contributed by atoms with E-state index < -0.39 is 29.1 Å². The standard InChI is InChI=1S/C17H32N2O4/c1-14(2,3)17(23-7,15(4,5)6)16(8-9-16)19-13(22)11(18)10-12(20)21/h11H,8-10,18H2,1-7H3,(H,19,22)(H,20,21)/t11-/m0/s1. The summed E-state index contributed by atoms with van der Waals surface area (Å²) < 4.78 is 6.08. The van der Waals surface area contributed by atoms with Crippen molar-refractivity contribution in [1.29, 1.82) is 0 Å². The van der Waals surface area contributed by atoms with Crippen LogP contribution < -0.4 is 11.1 Å². The van der Waals surface area contributed by atoms with Gasteiger partial charge in [0.1, 0.15) is 5.60 Å². The molecule has 0 aromatic heterocycles. The molecule has 1 amide bonds. The zero-order chi connectivity index (χ0) is 18.3. The summed E-state index contributed by atoms with van der Waals surface area (Å²) in [6, 6.07) is -1.06. The number of methoxy groups -OCH3 is 1. The first-order valence-corrected chi connectivity index (χ1v) is 8.09. The van der Waals surface area contributed by atoms with Crippen molar-refractivity contribution in [3.8, 4) is 0 Å². The Morgan fingerprint density at radius 1 is 1.17 bits per heavy atom. The number of amides is 1. The van der Waals surface area contributed by atoms with Crippen LogP contribution in [0.3, 0.4) is 0 Å². The molecule has 1 atom stereocenters. The van der Waals surface area contributed by atoms with Crippen LogP contribution in [0.5, 0.6) is 0 Å². The van der Waals surface area contributed by atoms with Crippen LogP contribution in [0.25, 0.3) is 0 Å². The van der Waals surface area contributed by atoms with Gasteiger partial charge in [0.15, 0.2) is 0 Å². The molecule has 0 bridgehead atoms. The molecule has 0 unspecified atom stereocenters. The van der Waals surface area contributed by atoms with Crippen molar-refractivity contribution >= 4 is 11.9 Å². The summed E-state index contributed by atoms with van der Waals surface area (Å²) in [6.07, 6.45) is 1.20. The molecular weight excluding hydrogens is 296 g/mol. The van der Waals surface area contributed by atoms with Crippen molar-refractivity contribution in [2.45, 2.75) is 78.0 Å². The summed E-state index contributed by atoms with van der Waals surface area (Å²) in [5.74, 6) is -1.51. The maximum absolute atomic E-state index is 12.4. The number of carbonyl (C=O) groups is 2. The first-order chi connectivity index (χ1) is 10.2. The molecule has 6 nitrogen and oxygen atoms in total. The number of carboxylic acids is 1. The lowest BCUT2D eigenvalue weighted by molar-refractivity contribution is -0.192. The van der Waals surface area contributed by atoms with Gasteiger partial charge >= 0.3 is 5.97 Å². The summed E-state index contributed by atoms with van der Waals surface area (Å²) in [4.78, 5) is 23.2. The first-order valence-electron chi connectivity index (χ1n) is 8.09. The van der Waals surface area contributed by atoms with Gasteiger partial charge in [-0.15, -0.1) is 0 Å². The van der Waals surface area contributed by atoms with Crippen LogP contribution in [0.15, 0.2) is 0 Å². The smallest absolute Gasteiger partial charge is 0.305 e. The third kappa shape index (κ3) is 3.38. The molecule has 4 N–H and O–H groups in total.